The molecule has 1 aliphatic rings. The molecule has 44 valence electrons. The summed E-state index contributed by atoms with van der Waals surface area (Å²) < 4.78 is 0. The fourth-order valence-corrected chi connectivity index (χ4v) is 10.4. The summed E-state index contributed by atoms with van der Waals surface area (Å²) in [5, 5.41) is 3.14. The van der Waals surface area contributed by atoms with Crippen LogP contribution in [0.25, 0.3) is 0 Å². The summed E-state index contributed by atoms with van der Waals surface area (Å²) >= 11 is 0.582. The van der Waals surface area contributed by atoms with Crippen molar-refractivity contribution in [3.05, 3.63) is 24.3 Å². The van der Waals surface area contributed by atoms with Crippen LogP contribution in [0.3, 0.4) is 0 Å². The van der Waals surface area contributed by atoms with E-state index in [1.165, 1.54) is 0 Å². The Morgan fingerprint density at radius 1 is 1.33 bits per heavy atom. The first-order chi connectivity index (χ1) is 4.47. The maximum atomic E-state index is 2.24. The summed E-state index contributed by atoms with van der Waals surface area (Å²) in [6, 6.07) is 8.75. The third kappa shape index (κ3) is 1.18. The summed E-state index contributed by atoms with van der Waals surface area (Å²) in [5.74, 6) is 0. The minimum absolute atomic E-state index is 0.582. The minimum atomic E-state index is 0.582. The van der Waals surface area contributed by atoms with E-state index in [1.54, 1.807) is 24.4 Å². The molecule has 2 rings (SSSR count). The molecule has 1 aliphatic heterocycles. The van der Waals surface area contributed by atoms with Gasteiger partial charge in [-0.2, -0.15) is 0 Å². The molecule has 0 saturated carbocycles. The second-order valence-electron chi connectivity index (χ2n) is 1.78. The van der Waals surface area contributed by atoms with Gasteiger partial charge in [0.15, 0.2) is 0 Å². The van der Waals surface area contributed by atoms with Crippen LogP contribution in [0.5, 0.6) is 0 Å². The van der Waals surface area contributed by atoms with Crippen molar-refractivity contribution in [1.29, 1.82) is 0 Å². The Bertz CT molecular complexity index is 257. The standard InChI is InChI=1S/C6H4AsP2/c1-2-4-6-5(3-1)8-7-9-6/h1-4H/q-1. The van der Waals surface area contributed by atoms with Crippen molar-refractivity contribution in [1.82, 2.24) is 0 Å². The van der Waals surface area contributed by atoms with Crippen LogP contribution >= 0.6 is 13.8 Å². The average molecular weight is 213 g/mol. The molecule has 3 heteroatoms. The van der Waals surface area contributed by atoms with E-state index in [2.05, 4.69) is 24.3 Å². The van der Waals surface area contributed by atoms with Gasteiger partial charge in [0.25, 0.3) is 0 Å². The Hall–Kier alpha value is 0.508. The zero-order valence-electron chi connectivity index (χ0n) is 4.65. The molecule has 0 aliphatic carbocycles. The quantitative estimate of drug-likeness (QED) is 0.451. The molecule has 1 heterocycles. The molecule has 0 spiro atoms. The van der Waals surface area contributed by atoms with Gasteiger partial charge in [-0.15, -0.1) is 0 Å². The number of hydrogen-bond acceptors (Lipinski definition) is 0. The van der Waals surface area contributed by atoms with Crippen molar-refractivity contribution in [2.24, 2.45) is 0 Å². The fourth-order valence-electron chi connectivity index (χ4n) is 0.752. The van der Waals surface area contributed by atoms with E-state index in [0.29, 0.717) is 14.4 Å². The van der Waals surface area contributed by atoms with Crippen LogP contribution in [0.2, 0.25) is 0 Å². The summed E-state index contributed by atoms with van der Waals surface area (Å²) in [7, 11) is 1.61. The van der Waals surface area contributed by atoms with Gasteiger partial charge in [0, 0.05) is 0 Å². The van der Waals surface area contributed by atoms with Gasteiger partial charge in [0.05, 0.1) is 0 Å². The Morgan fingerprint density at radius 2 is 2.22 bits per heavy atom. The molecule has 0 atom stereocenters. The zero-order valence-corrected chi connectivity index (χ0v) is 8.32. The number of benzene rings is 1. The van der Waals surface area contributed by atoms with Crippen molar-refractivity contribution in [3.63, 3.8) is 0 Å². The monoisotopic (exact) mass is 213 g/mol. The van der Waals surface area contributed by atoms with Crippen molar-refractivity contribution in [2.75, 3.05) is 0 Å². The summed E-state index contributed by atoms with van der Waals surface area (Å²) in [6.45, 7) is 1.61. The van der Waals surface area contributed by atoms with Crippen molar-refractivity contribution in [2.45, 2.75) is 0 Å². The first kappa shape index (κ1) is 6.23. The molecule has 0 fully saturated rings. The maximum absolute atomic E-state index is 2.24. The normalized spacial score (nSPS) is 20.0. The Balaban J connectivity index is 2.63. The first-order valence-corrected chi connectivity index (χ1v) is 9.40. The van der Waals surface area contributed by atoms with Gasteiger partial charge >= 0.3 is 63.1 Å². The van der Waals surface area contributed by atoms with Crippen LogP contribution < -0.4 is 10.6 Å². The predicted molar refractivity (Wildman–Crippen MR) is 45.3 cm³/mol. The molecule has 0 amide bonds. The van der Waals surface area contributed by atoms with Crippen molar-refractivity contribution in [3.8, 4) is 0 Å². The van der Waals surface area contributed by atoms with Crippen LogP contribution in [-0.2, 0) is 0 Å². The molecule has 1 aromatic rings. The zero-order chi connectivity index (χ0) is 6.10. The topological polar surface area (TPSA) is 0 Å². The van der Waals surface area contributed by atoms with Crippen LogP contribution in [0.1, 0.15) is 0 Å². The Morgan fingerprint density at radius 3 is 3.11 bits per heavy atom. The predicted octanol–water partition coefficient (Wildman–Crippen LogP) is 1.38. The number of rotatable bonds is 0. The molecule has 0 nitrogen and oxygen atoms in total. The van der Waals surface area contributed by atoms with Gasteiger partial charge in [0.1, 0.15) is 0 Å². The molecule has 0 bridgehead atoms. The second kappa shape index (κ2) is 2.63. The SMILES string of the molecule is c1ccc2c(c1)P=[As][P-]2. The van der Waals surface area contributed by atoms with Crippen LogP contribution in [-0.4, -0.2) is 14.4 Å². The van der Waals surface area contributed by atoms with Crippen LogP contribution in [0.4, 0.5) is 0 Å². The molecule has 0 radical (unpaired) electrons. The summed E-state index contributed by atoms with van der Waals surface area (Å²) in [5.41, 5.74) is 0. The summed E-state index contributed by atoms with van der Waals surface area (Å²) in [4.78, 5) is 0. The van der Waals surface area contributed by atoms with Crippen molar-refractivity contribution >= 4 is 38.8 Å². The molecular formula is C6H4AsP2-. The van der Waals surface area contributed by atoms with Crippen LogP contribution in [0.15, 0.2) is 24.3 Å². The van der Waals surface area contributed by atoms with E-state index < -0.39 is 0 Å². The molecule has 0 unspecified atom stereocenters. The molecule has 9 heavy (non-hydrogen) atoms. The van der Waals surface area contributed by atoms with Gasteiger partial charge < -0.3 is 0 Å². The third-order valence-electron chi connectivity index (χ3n) is 1.19. The summed E-state index contributed by atoms with van der Waals surface area (Å²) in [6.07, 6.45) is 0. The van der Waals surface area contributed by atoms with Gasteiger partial charge in [0.2, 0.25) is 0 Å². The molecule has 1 aromatic carbocycles. The van der Waals surface area contributed by atoms with E-state index in [9.17, 15) is 0 Å². The molecular weight excluding hydrogens is 209 g/mol. The van der Waals surface area contributed by atoms with Gasteiger partial charge in [-0.3, -0.25) is 0 Å². The fraction of sp³-hybridized carbons (Fsp3) is 0. The molecule has 0 aromatic heterocycles. The van der Waals surface area contributed by atoms with Crippen LogP contribution in [0, 0.1) is 0 Å². The van der Waals surface area contributed by atoms with E-state index >= 15 is 0 Å². The average Bonchev–Trinajstić information content (AvgIpc) is 2.33. The van der Waals surface area contributed by atoms with E-state index in [4.69, 9.17) is 0 Å². The Kier molecular flexibility index (Phi) is 1.82. The molecule has 0 N–H and O–H groups in total. The number of hydrogen-bond donors (Lipinski definition) is 0. The third-order valence-corrected chi connectivity index (χ3v) is 9.38. The van der Waals surface area contributed by atoms with Gasteiger partial charge in [-0.25, -0.2) is 0 Å². The van der Waals surface area contributed by atoms with Gasteiger partial charge in [-0.1, -0.05) is 0 Å². The Labute approximate surface area is 63.3 Å². The molecule has 0 saturated heterocycles. The first-order valence-electron chi connectivity index (χ1n) is 2.67. The van der Waals surface area contributed by atoms with E-state index in [0.717, 1.165) is 0 Å². The van der Waals surface area contributed by atoms with E-state index in [-0.39, 0.29) is 0 Å². The van der Waals surface area contributed by atoms with Crippen molar-refractivity contribution < 1.29 is 0 Å². The van der Waals surface area contributed by atoms with E-state index in [1.807, 2.05) is 0 Å². The number of fused-ring (bicyclic) bond motifs is 1. The van der Waals surface area contributed by atoms with Gasteiger partial charge in [-0.05, 0) is 0 Å². The second-order valence-corrected chi connectivity index (χ2v) is 9.75.